The summed E-state index contributed by atoms with van der Waals surface area (Å²) in [5, 5.41) is 7.20. The molecule has 0 amide bonds. The maximum Gasteiger partial charge on any atom is 0.307 e. The lowest BCUT2D eigenvalue weighted by atomic mass is 9.87. The molecule has 6 nitrogen and oxygen atoms in total. The second kappa shape index (κ2) is 9.64. The summed E-state index contributed by atoms with van der Waals surface area (Å²) in [6, 6.07) is 10.5. The van der Waals surface area contributed by atoms with Crippen LogP contribution in [-0.4, -0.2) is 49.7 Å². The summed E-state index contributed by atoms with van der Waals surface area (Å²) in [6.45, 7) is 6.55. The van der Waals surface area contributed by atoms with Gasteiger partial charge in [-0.15, -0.1) is 0 Å². The third-order valence-electron chi connectivity index (χ3n) is 5.25. The van der Waals surface area contributed by atoms with Crippen molar-refractivity contribution in [3.05, 3.63) is 35.9 Å². The van der Waals surface area contributed by atoms with E-state index in [4.69, 9.17) is 14.2 Å². The van der Waals surface area contributed by atoms with E-state index < -0.39 is 5.79 Å². The molecular weight excluding hydrogens is 344 g/mol. The average molecular weight is 376 g/mol. The van der Waals surface area contributed by atoms with Crippen LogP contribution in [0.1, 0.15) is 45.1 Å². The lowest BCUT2D eigenvalue weighted by Gasteiger charge is -2.47. The molecule has 2 fully saturated rings. The van der Waals surface area contributed by atoms with Crippen molar-refractivity contribution < 1.29 is 19.0 Å². The fourth-order valence-corrected chi connectivity index (χ4v) is 4.08. The van der Waals surface area contributed by atoms with E-state index in [0.29, 0.717) is 19.6 Å². The van der Waals surface area contributed by atoms with Crippen LogP contribution in [0, 0.1) is 0 Å². The van der Waals surface area contributed by atoms with Gasteiger partial charge in [-0.2, -0.15) is 0 Å². The zero-order chi connectivity index (χ0) is 19.1. The Balaban J connectivity index is 1.70. The minimum Gasteiger partial charge on any atom is -0.466 e. The van der Waals surface area contributed by atoms with E-state index in [0.717, 1.165) is 32.5 Å². The van der Waals surface area contributed by atoms with Crippen LogP contribution in [-0.2, 0) is 25.5 Å². The Morgan fingerprint density at radius 1 is 1.30 bits per heavy atom. The van der Waals surface area contributed by atoms with Crippen LogP contribution in [0.2, 0.25) is 0 Å². The van der Waals surface area contributed by atoms with Crippen molar-refractivity contribution in [1.29, 1.82) is 0 Å². The number of hydrogen-bond donors (Lipinski definition) is 2. The monoisotopic (exact) mass is 376 g/mol. The van der Waals surface area contributed by atoms with Crippen LogP contribution >= 0.6 is 0 Å². The number of carbonyl (C=O) groups excluding carboxylic acids is 1. The van der Waals surface area contributed by atoms with Gasteiger partial charge in [0.05, 0.1) is 26.2 Å². The van der Waals surface area contributed by atoms with Gasteiger partial charge in [0.25, 0.3) is 0 Å². The molecule has 0 saturated carbocycles. The van der Waals surface area contributed by atoms with Gasteiger partial charge in [0.15, 0.2) is 5.79 Å². The largest absolute Gasteiger partial charge is 0.466 e. The molecule has 2 N–H and O–H groups in total. The first kappa shape index (κ1) is 20.3. The van der Waals surface area contributed by atoms with Gasteiger partial charge in [-0.3, -0.25) is 4.79 Å². The summed E-state index contributed by atoms with van der Waals surface area (Å²) in [6.07, 6.45) is 2.81. The van der Waals surface area contributed by atoms with Crippen LogP contribution < -0.4 is 10.6 Å². The SMILES string of the molecule is CCOC(=O)CC(NCc1ccccc1)[C@H]1CC2(C[C@@H](C)N1)OCCCO2. The Labute approximate surface area is 161 Å². The Morgan fingerprint density at radius 3 is 2.74 bits per heavy atom. The minimum atomic E-state index is -0.533. The van der Waals surface area contributed by atoms with Crippen LogP contribution in [0.5, 0.6) is 0 Å². The molecule has 0 bridgehead atoms. The van der Waals surface area contributed by atoms with Crippen molar-refractivity contribution in [3.63, 3.8) is 0 Å². The number of benzene rings is 1. The molecule has 3 rings (SSSR count). The molecule has 1 unspecified atom stereocenters. The highest BCUT2D eigenvalue weighted by Gasteiger charge is 2.45. The molecule has 2 aliphatic heterocycles. The predicted molar refractivity (Wildman–Crippen MR) is 103 cm³/mol. The van der Waals surface area contributed by atoms with Gasteiger partial charge in [-0.1, -0.05) is 30.3 Å². The van der Waals surface area contributed by atoms with E-state index in [1.165, 1.54) is 5.56 Å². The zero-order valence-corrected chi connectivity index (χ0v) is 16.4. The molecule has 2 heterocycles. The van der Waals surface area contributed by atoms with Crippen molar-refractivity contribution in [1.82, 2.24) is 10.6 Å². The fraction of sp³-hybridized carbons (Fsp3) is 0.667. The Kier molecular flexibility index (Phi) is 7.24. The number of esters is 1. The van der Waals surface area contributed by atoms with Crippen molar-refractivity contribution in [2.75, 3.05) is 19.8 Å². The topological polar surface area (TPSA) is 68.8 Å². The lowest BCUT2D eigenvalue weighted by Crippen LogP contribution is -2.62. The third kappa shape index (κ3) is 5.75. The molecule has 2 saturated heterocycles. The van der Waals surface area contributed by atoms with Crippen molar-refractivity contribution >= 4 is 5.97 Å². The van der Waals surface area contributed by atoms with Gasteiger partial charge in [0, 0.05) is 37.5 Å². The van der Waals surface area contributed by atoms with Crippen molar-refractivity contribution in [2.24, 2.45) is 0 Å². The van der Waals surface area contributed by atoms with E-state index in [1.807, 2.05) is 25.1 Å². The van der Waals surface area contributed by atoms with Crippen LogP contribution in [0.15, 0.2) is 30.3 Å². The van der Waals surface area contributed by atoms with Gasteiger partial charge in [0.2, 0.25) is 0 Å². The highest BCUT2D eigenvalue weighted by Crippen LogP contribution is 2.34. The van der Waals surface area contributed by atoms with Crippen LogP contribution in [0.4, 0.5) is 0 Å². The van der Waals surface area contributed by atoms with E-state index in [2.05, 4.69) is 29.7 Å². The molecule has 27 heavy (non-hydrogen) atoms. The normalized spacial score (nSPS) is 25.9. The van der Waals surface area contributed by atoms with Crippen LogP contribution in [0.25, 0.3) is 0 Å². The van der Waals surface area contributed by atoms with E-state index in [1.54, 1.807) is 0 Å². The Hall–Kier alpha value is -1.47. The molecule has 150 valence electrons. The summed E-state index contributed by atoms with van der Waals surface area (Å²) in [7, 11) is 0. The van der Waals surface area contributed by atoms with Crippen molar-refractivity contribution in [3.8, 4) is 0 Å². The third-order valence-corrected chi connectivity index (χ3v) is 5.25. The molecule has 0 radical (unpaired) electrons. The smallest absolute Gasteiger partial charge is 0.307 e. The number of ether oxygens (including phenoxy) is 3. The maximum atomic E-state index is 12.2. The summed E-state index contributed by atoms with van der Waals surface area (Å²) >= 11 is 0. The molecule has 3 atom stereocenters. The number of piperidine rings is 1. The van der Waals surface area contributed by atoms with Crippen LogP contribution in [0.3, 0.4) is 0 Å². The quantitative estimate of drug-likeness (QED) is 0.712. The molecule has 1 spiro atoms. The molecule has 1 aromatic rings. The zero-order valence-electron chi connectivity index (χ0n) is 16.4. The first-order valence-corrected chi connectivity index (χ1v) is 10.1. The van der Waals surface area contributed by atoms with E-state index in [9.17, 15) is 4.79 Å². The van der Waals surface area contributed by atoms with Gasteiger partial charge < -0.3 is 24.8 Å². The number of carbonyl (C=O) groups is 1. The summed E-state index contributed by atoms with van der Waals surface area (Å²) in [5.74, 6) is -0.711. The first-order chi connectivity index (χ1) is 13.1. The summed E-state index contributed by atoms with van der Waals surface area (Å²) < 4.78 is 17.3. The van der Waals surface area contributed by atoms with Gasteiger partial charge in [-0.05, 0) is 25.8 Å². The fourth-order valence-electron chi connectivity index (χ4n) is 4.08. The Morgan fingerprint density at radius 2 is 2.04 bits per heavy atom. The highest BCUT2D eigenvalue weighted by molar-refractivity contribution is 5.70. The molecule has 2 aliphatic rings. The van der Waals surface area contributed by atoms with E-state index >= 15 is 0 Å². The summed E-state index contributed by atoms with van der Waals surface area (Å²) in [4.78, 5) is 12.2. The van der Waals surface area contributed by atoms with Gasteiger partial charge in [0.1, 0.15) is 0 Å². The second-order valence-electron chi connectivity index (χ2n) is 7.53. The highest BCUT2D eigenvalue weighted by atomic mass is 16.7. The van der Waals surface area contributed by atoms with Gasteiger partial charge >= 0.3 is 5.97 Å². The standard InChI is InChI=1S/C21H32N2O4/c1-3-25-20(24)12-18(22-15-17-8-5-4-6-9-17)19-14-21(13-16(2)23-19)26-10-7-11-27-21/h4-6,8-9,16,18-19,22-23H,3,7,10-15H2,1-2H3/t16-,18?,19-/m1/s1. The first-order valence-electron chi connectivity index (χ1n) is 10.1. The number of hydrogen-bond acceptors (Lipinski definition) is 6. The minimum absolute atomic E-state index is 0.0574. The average Bonchev–Trinajstić information content (AvgIpc) is 2.66. The second-order valence-corrected chi connectivity index (χ2v) is 7.53. The molecule has 0 aromatic heterocycles. The number of nitrogens with one attached hydrogen (secondary N) is 2. The van der Waals surface area contributed by atoms with E-state index in [-0.39, 0.29) is 24.1 Å². The maximum absolute atomic E-state index is 12.2. The lowest BCUT2D eigenvalue weighted by molar-refractivity contribution is -0.286. The molecular formula is C21H32N2O4. The molecule has 0 aliphatic carbocycles. The number of rotatable bonds is 7. The Bertz CT molecular complexity index is 589. The van der Waals surface area contributed by atoms with Crippen molar-refractivity contribution in [2.45, 2.75) is 70.0 Å². The predicted octanol–water partition coefficient (Wildman–Crippen LogP) is 2.37. The molecule has 6 heteroatoms. The summed E-state index contributed by atoms with van der Waals surface area (Å²) in [5.41, 5.74) is 1.19. The molecule has 1 aromatic carbocycles. The van der Waals surface area contributed by atoms with Gasteiger partial charge in [-0.25, -0.2) is 0 Å².